The minimum Gasteiger partial charge on any atom is -0.384 e. The molecule has 5 heteroatoms. The van der Waals surface area contributed by atoms with Gasteiger partial charge in [0.1, 0.15) is 0 Å². The van der Waals surface area contributed by atoms with Crippen molar-refractivity contribution in [2.75, 3.05) is 19.5 Å². The highest BCUT2D eigenvalue weighted by atomic mass is 32.2. The van der Waals surface area contributed by atoms with Crippen molar-refractivity contribution >= 4 is 9.84 Å². The maximum Gasteiger partial charge on any atom is 0.156 e. The molecule has 0 aromatic carbocycles. The van der Waals surface area contributed by atoms with Gasteiger partial charge in [0.05, 0.1) is 17.6 Å². The van der Waals surface area contributed by atoms with Crippen molar-refractivity contribution < 1.29 is 13.2 Å². The molecule has 0 bridgehead atoms. The summed E-state index contributed by atoms with van der Waals surface area (Å²) in [5.41, 5.74) is 5.98. The van der Waals surface area contributed by atoms with Gasteiger partial charge in [-0.15, -0.1) is 0 Å². The predicted molar refractivity (Wildman–Crippen MR) is 69.7 cm³/mol. The molecule has 1 aliphatic rings. The van der Waals surface area contributed by atoms with Crippen LogP contribution in [-0.2, 0) is 14.6 Å². The molecule has 2 N–H and O–H groups in total. The molecule has 0 heterocycles. The third-order valence-corrected chi connectivity index (χ3v) is 5.88. The van der Waals surface area contributed by atoms with Crippen molar-refractivity contribution in [1.29, 1.82) is 0 Å². The molecule has 3 unspecified atom stereocenters. The van der Waals surface area contributed by atoms with E-state index in [-0.39, 0.29) is 23.7 Å². The number of ether oxygens (including phenoxy) is 1. The van der Waals surface area contributed by atoms with Gasteiger partial charge in [0.2, 0.25) is 0 Å². The fourth-order valence-corrected chi connectivity index (χ4v) is 4.61. The van der Waals surface area contributed by atoms with Gasteiger partial charge in [-0.25, -0.2) is 8.42 Å². The van der Waals surface area contributed by atoms with E-state index >= 15 is 0 Å². The topological polar surface area (TPSA) is 69.4 Å². The molecule has 1 rings (SSSR count). The molecule has 0 aliphatic heterocycles. The Kier molecular flexibility index (Phi) is 5.89. The Hall–Kier alpha value is -0.130. The van der Waals surface area contributed by atoms with Crippen LogP contribution in [0.15, 0.2) is 0 Å². The number of hydrogen-bond donors (Lipinski definition) is 1. The van der Waals surface area contributed by atoms with E-state index in [1.165, 1.54) is 7.11 Å². The maximum absolute atomic E-state index is 12.1. The third kappa shape index (κ3) is 4.23. The molecule has 0 aromatic rings. The van der Waals surface area contributed by atoms with Crippen LogP contribution in [-0.4, -0.2) is 39.2 Å². The molecule has 0 saturated heterocycles. The fourth-order valence-electron chi connectivity index (χ4n) is 2.67. The number of rotatable bonds is 6. The average Bonchev–Trinajstić information content (AvgIpc) is 2.29. The van der Waals surface area contributed by atoms with Crippen LogP contribution in [0.1, 0.15) is 39.0 Å². The first-order chi connectivity index (χ1) is 8.01. The Bertz CT molecular complexity index is 316. The van der Waals surface area contributed by atoms with E-state index < -0.39 is 9.84 Å². The molecular formula is C12H25NO3S. The Morgan fingerprint density at radius 2 is 2.06 bits per heavy atom. The second kappa shape index (κ2) is 6.71. The summed E-state index contributed by atoms with van der Waals surface area (Å²) in [6.45, 7) is 2.41. The molecule has 1 aliphatic carbocycles. The van der Waals surface area contributed by atoms with Crippen LogP contribution in [0.4, 0.5) is 0 Å². The SMILES string of the molecule is CCCC1CCC(N)C(S(=O)(=O)CCOC)C1. The van der Waals surface area contributed by atoms with E-state index in [4.69, 9.17) is 10.5 Å². The summed E-state index contributed by atoms with van der Waals surface area (Å²) in [5.74, 6) is 0.628. The lowest BCUT2D eigenvalue weighted by molar-refractivity contribution is 0.216. The van der Waals surface area contributed by atoms with Crippen LogP contribution < -0.4 is 5.73 Å². The summed E-state index contributed by atoms with van der Waals surface area (Å²) < 4.78 is 29.1. The number of sulfone groups is 1. The first-order valence-corrected chi connectivity index (χ1v) is 8.19. The van der Waals surface area contributed by atoms with Crippen molar-refractivity contribution in [2.24, 2.45) is 11.7 Å². The van der Waals surface area contributed by atoms with E-state index in [1.807, 2.05) is 0 Å². The fraction of sp³-hybridized carbons (Fsp3) is 1.00. The highest BCUT2D eigenvalue weighted by molar-refractivity contribution is 7.92. The summed E-state index contributed by atoms with van der Waals surface area (Å²) in [7, 11) is -1.57. The Morgan fingerprint density at radius 3 is 2.65 bits per heavy atom. The van der Waals surface area contributed by atoms with E-state index in [1.54, 1.807) is 0 Å². The van der Waals surface area contributed by atoms with E-state index in [0.717, 1.165) is 32.1 Å². The van der Waals surface area contributed by atoms with Gasteiger partial charge in [-0.1, -0.05) is 19.8 Å². The first-order valence-electron chi connectivity index (χ1n) is 6.47. The average molecular weight is 263 g/mol. The first kappa shape index (κ1) is 14.9. The van der Waals surface area contributed by atoms with Crippen molar-refractivity contribution in [1.82, 2.24) is 0 Å². The maximum atomic E-state index is 12.1. The van der Waals surface area contributed by atoms with E-state index in [2.05, 4.69) is 6.92 Å². The molecule has 0 radical (unpaired) electrons. The Morgan fingerprint density at radius 1 is 1.35 bits per heavy atom. The van der Waals surface area contributed by atoms with Crippen LogP contribution in [0.25, 0.3) is 0 Å². The molecule has 1 saturated carbocycles. The highest BCUT2D eigenvalue weighted by Gasteiger charge is 2.36. The van der Waals surface area contributed by atoms with Crippen LogP contribution in [0.5, 0.6) is 0 Å². The third-order valence-electron chi connectivity index (χ3n) is 3.68. The van der Waals surface area contributed by atoms with Crippen molar-refractivity contribution in [3.63, 3.8) is 0 Å². The molecule has 0 aromatic heterocycles. The van der Waals surface area contributed by atoms with Gasteiger partial charge in [0.15, 0.2) is 9.84 Å². The van der Waals surface area contributed by atoms with Gasteiger partial charge in [0, 0.05) is 13.2 Å². The minimum atomic E-state index is -3.10. The zero-order valence-corrected chi connectivity index (χ0v) is 11.7. The standard InChI is InChI=1S/C12H25NO3S/c1-3-4-10-5-6-11(13)12(9-10)17(14,15)8-7-16-2/h10-12H,3-9,13H2,1-2H3. The summed E-state index contributed by atoms with van der Waals surface area (Å²) >= 11 is 0. The van der Waals surface area contributed by atoms with Crippen molar-refractivity contribution in [3.8, 4) is 0 Å². The molecule has 102 valence electrons. The summed E-state index contributed by atoms with van der Waals surface area (Å²) in [5, 5.41) is -0.358. The molecule has 1 fully saturated rings. The van der Waals surface area contributed by atoms with Crippen LogP contribution in [0, 0.1) is 5.92 Å². The number of hydrogen-bond acceptors (Lipinski definition) is 4. The highest BCUT2D eigenvalue weighted by Crippen LogP contribution is 2.31. The number of nitrogens with two attached hydrogens (primary N) is 1. The van der Waals surface area contributed by atoms with Crippen LogP contribution in [0.2, 0.25) is 0 Å². The molecule has 0 amide bonds. The summed E-state index contributed by atoms with van der Waals surface area (Å²) in [4.78, 5) is 0. The summed E-state index contributed by atoms with van der Waals surface area (Å²) in [6, 6.07) is -0.190. The molecule has 4 nitrogen and oxygen atoms in total. The lowest BCUT2D eigenvalue weighted by Crippen LogP contribution is -2.46. The lowest BCUT2D eigenvalue weighted by Gasteiger charge is -2.33. The van der Waals surface area contributed by atoms with Crippen molar-refractivity contribution in [2.45, 2.75) is 50.3 Å². The zero-order chi connectivity index (χ0) is 12.9. The molecule has 0 spiro atoms. The molecular weight excluding hydrogens is 238 g/mol. The van der Waals surface area contributed by atoms with Crippen LogP contribution >= 0.6 is 0 Å². The van der Waals surface area contributed by atoms with Gasteiger partial charge < -0.3 is 10.5 Å². The minimum absolute atomic E-state index is 0.0979. The van der Waals surface area contributed by atoms with Gasteiger partial charge in [-0.05, 0) is 25.2 Å². The molecule has 17 heavy (non-hydrogen) atoms. The monoisotopic (exact) mass is 263 g/mol. The quantitative estimate of drug-likeness (QED) is 0.785. The predicted octanol–water partition coefficient (Wildman–Crippen LogP) is 1.34. The Labute approximate surface area is 105 Å². The normalized spacial score (nSPS) is 30.4. The summed E-state index contributed by atoms with van der Waals surface area (Å²) in [6.07, 6.45) is 4.88. The van der Waals surface area contributed by atoms with Gasteiger partial charge in [-0.2, -0.15) is 0 Å². The van der Waals surface area contributed by atoms with E-state index in [0.29, 0.717) is 5.92 Å². The largest absolute Gasteiger partial charge is 0.384 e. The Balaban J connectivity index is 2.65. The second-order valence-corrected chi connectivity index (χ2v) is 7.37. The molecule has 3 atom stereocenters. The van der Waals surface area contributed by atoms with Crippen LogP contribution in [0.3, 0.4) is 0 Å². The second-order valence-electron chi connectivity index (χ2n) is 5.03. The van der Waals surface area contributed by atoms with Gasteiger partial charge in [0.25, 0.3) is 0 Å². The van der Waals surface area contributed by atoms with Crippen molar-refractivity contribution in [3.05, 3.63) is 0 Å². The lowest BCUT2D eigenvalue weighted by atomic mass is 9.83. The van der Waals surface area contributed by atoms with E-state index in [9.17, 15) is 8.42 Å². The van der Waals surface area contributed by atoms with Gasteiger partial charge in [-0.3, -0.25) is 0 Å². The smallest absolute Gasteiger partial charge is 0.156 e. The number of methoxy groups -OCH3 is 1. The van der Waals surface area contributed by atoms with Gasteiger partial charge >= 0.3 is 0 Å². The zero-order valence-electron chi connectivity index (χ0n) is 10.9.